The van der Waals surface area contributed by atoms with Crippen molar-refractivity contribution in [2.24, 2.45) is 0 Å². The molecule has 0 radical (unpaired) electrons. The quantitative estimate of drug-likeness (QED) is 0.737. The number of hydrogen-bond donors (Lipinski definition) is 0. The van der Waals surface area contributed by atoms with E-state index in [0.29, 0.717) is 12.6 Å². The SMILES string of the molecule is N#CCN(CC=Cc1ccccc1)C1CCCC1. The molecule has 0 unspecified atom stereocenters. The molecule has 0 aromatic heterocycles. The lowest BCUT2D eigenvalue weighted by Crippen LogP contribution is -2.33. The van der Waals surface area contributed by atoms with Crippen LogP contribution in [-0.4, -0.2) is 24.0 Å². The average molecular weight is 240 g/mol. The number of hydrogen-bond acceptors (Lipinski definition) is 2. The van der Waals surface area contributed by atoms with Crippen LogP contribution in [0.25, 0.3) is 6.08 Å². The van der Waals surface area contributed by atoms with Crippen molar-refractivity contribution >= 4 is 6.08 Å². The second kappa shape index (κ2) is 6.98. The van der Waals surface area contributed by atoms with Gasteiger partial charge in [-0.1, -0.05) is 55.3 Å². The molecule has 94 valence electrons. The first-order valence-corrected chi connectivity index (χ1v) is 6.73. The lowest BCUT2D eigenvalue weighted by molar-refractivity contribution is 0.247. The van der Waals surface area contributed by atoms with E-state index in [2.05, 4.69) is 35.3 Å². The van der Waals surface area contributed by atoms with Gasteiger partial charge in [0, 0.05) is 12.6 Å². The third-order valence-electron chi connectivity index (χ3n) is 3.56. The fourth-order valence-corrected chi connectivity index (χ4v) is 2.59. The molecule has 0 N–H and O–H groups in total. The topological polar surface area (TPSA) is 27.0 Å². The van der Waals surface area contributed by atoms with Crippen molar-refractivity contribution in [3.05, 3.63) is 42.0 Å². The van der Waals surface area contributed by atoms with Gasteiger partial charge in [0.05, 0.1) is 12.6 Å². The Bertz CT molecular complexity index is 410. The summed E-state index contributed by atoms with van der Waals surface area (Å²) in [5.74, 6) is 0. The number of nitriles is 1. The van der Waals surface area contributed by atoms with Gasteiger partial charge in [0.15, 0.2) is 0 Å². The molecule has 0 bridgehead atoms. The molecule has 1 saturated carbocycles. The normalized spacial score (nSPS) is 16.4. The second-order valence-corrected chi connectivity index (χ2v) is 4.84. The van der Waals surface area contributed by atoms with E-state index >= 15 is 0 Å². The summed E-state index contributed by atoms with van der Waals surface area (Å²) in [5, 5.41) is 8.90. The highest BCUT2D eigenvalue weighted by atomic mass is 15.1. The van der Waals surface area contributed by atoms with Crippen LogP contribution >= 0.6 is 0 Å². The van der Waals surface area contributed by atoms with Crippen molar-refractivity contribution in [2.45, 2.75) is 31.7 Å². The van der Waals surface area contributed by atoms with Crippen molar-refractivity contribution in [1.82, 2.24) is 4.90 Å². The molecule has 0 saturated heterocycles. The Balaban J connectivity index is 1.89. The van der Waals surface area contributed by atoms with Gasteiger partial charge in [0.25, 0.3) is 0 Å². The third kappa shape index (κ3) is 3.72. The summed E-state index contributed by atoms with van der Waals surface area (Å²) in [5.41, 5.74) is 1.22. The first kappa shape index (κ1) is 12.9. The molecule has 0 aliphatic heterocycles. The van der Waals surface area contributed by atoms with E-state index in [1.54, 1.807) is 0 Å². The molecule has 1 aromatic rings. The standard InChI is InChI=1S/C16H20N2/c17-12-14-18(16-10-4-5-11-16)13-6-9-15-7-2-1-3-8-15/h1-3,6-9,16H,4-5,10-11,13-14H2. The fourth-order valence-electron chi connectivity index (χ4n) is 2.59. The lowest BCUT2D eigenvalue weighted by Gasteiger charge is -2.24. The molecule has 1 fully saturated rings. The van der Waals surface area contributed by atoms with E-state index in [1.165, 1.54) is 31.2 Å². The summed E-state index contributed by atoms with van der Waals surface area (Å²) < 4.78 is 0. The second-order valence-electron chi connectivity index (χ2n) is 4.84. The summed E-state index contributed by atoms with van der Waals surface area (Å²) in [7, 11) is 0. The first-order valence-electron chi connectivity index (χ1n) is 6.73. The monoisotopic (exact) mass is 240 g/mol. The Hall–Kier alpha value is -1.59. The highest BCUT2D eigenvalue weighted by Gasteiger charge is 2.20. The molecule has 0 heterocycles. The van der Waals surface area contributed by atoms with E-state index in [0.717, 1.165) is 6.54 Å². The summed E-state index contributed by atoms with van der Waals surface area (Å²) in [6, 6.07) is 13.2. The Morgan fingerprint density at radius 2 is 1.94 bits per heavy atom. The van der Waals surface area contributed by atoms with E-state index < -0.39 is 0 Å². The number of rotatable bonds is 5. The van der Waals surface area contributed by atoms with Gasteiger partial charge in [-0.3, -0.25) is 4.90 Å². The summed E-state index contributed by atoms with van der Waals surface area (Å²) in [6.07, 6.45) is 9.44. The van der Waals surface area contributed by atoms with Gasteiger partial charge in [-0.25, -0.2) is 0 Å². The van der Waals surface area contributed by atoms with Crippen molar-refractivity contribution in [3.63, 3.8) is 0 Å². The van der Waals surface area contributed by atoms with Crippen molar-refractivity contribution < 1.29 is 0 Å². The van der Waals surface area contributed by atoms with E-state index in [4.69, 9.17) is 5.26 Å². The molecule has 1 aliphatic rings. The van der Waals surface area contributed by atoms with Crippen molar-refractivity contribution in [2.75, 3.05) is 13.1 Å². The zero-order valence-electron chi connectivity index (χ0n) is 10.8. The van der Waals surface area contributed by atoms with Crippen LogP contribution in [0.3, 0.4) is 0 Å². The van der Waals surface area contributed by atoms with Gasteiger partial charge >= 0.3 is 0 Å². The Morgan fingerprint density at radius 3 is 2.61 bits per heavy atom. The Morgan fingerprint density at radius 1 is 1.22 bits per heavy atom. The molecule has 2 nitrogen and oxygen atoms in total. The van der Waals surface area contributed by atoms with Crippen molar-refractivity contribution in [1.29, 1.82) is 5.26 Å². The zero-order valence-corrected chi connectivity index (χ0v) is 10.8. The molecule has 1 aliphatic carbocycles. The van der Waals surface area contributed by atoms with Gasteiger partial charge in [-0.2, -0.15) is 5.26 Å². The molecule has 0 atom stereocenters. The van der Waals surface area contributed by atoms with E-state index in [9.17, 15) is 0 Å². The molecular weight excluding hydrogens is 220 g/mol. The molecule has 0 spiro atoms. The molecule has 2 rings (SSSR count). The molecule has 2 heteroatoms. The van der Waals surface area contributed by atoms with Gasteiger partial charge < -0.3 is 0 Å². The highest BCUT2D eigenvalue weighted by molar-refractivity contribution is 5.48. The maximum absolute atomic E-state index is 8.90. The van der Waals surface area contributed by atoms with Crippen LogP contribution in [0.1, 0.15) is 31.2 Å². The maximum atomic E-state index is 8.90. The van der Waals surface area contributed by atoms with Crippen LogP contribution in [0, 0.1) is 11.3 Å². The summed E-state index contributed by atoms with van der Waals surface area (Å²) in [6.45, 7) is 1.43. The lowest BCUT2D eigenvalue weighted by atomic mass is 10.2. The molecular formula is C16H20N2. The van der Waals surface area contributed by atoms with E-state index in [-0.39, 0.29) is 0 Å². The number of benzene rings is 1. The molecule has 0 amide bonds. The summed E-state index contributed by atoms with van der Waals surface area (Å²) >= 11 is 0. The Kier molecular flexibility index (Phi) is 4.99. The predicted octanol–water partition coefficient (Wildman–Crippen LogP) is 3.47. The van der Waals surface area contributed by atoms with Crippen LogP contribution in [0.4, 0.5) is 0 Å². The largest absolute Gasteiger partial charge is 0.284 e. The van der Waals surface area contributed by atoms with Crippen LogP contribution in [-0.2, 0) is 0 Å². The summed E-state index contributed by atoms with van der Waals surface area (Å²) in [4.78, 5) is 2.30. The van der Waals surface area contributed by atoms with Crippen LogP contribution in [0.5, 0.6) is 0 Å². The fraction of sp³-hybridized carbons (Fsp3) is 0.438. The zero-order chi connectivity index (χ0) is 12.6. The number of nitrogens with zero attached hydrogens (tertiary/aromatic N) is 2. The van der Waals surface area contributed by atoms with Crippen LogP contribution in [0.2, 0.25) is 0 Å². The average Bonchev–Trinajstić information content (AvgIpc) is 2.93. The van der Waals surface area contributed by atoms with Crippen LogP contribution in [0.15, 0.2) is 36.4 Å². The van der Waals surface area contributed by atoms with E-state index in [1.807, 2.05) is 18.2 Å². The maximum Gasteiger partial charge on any atom is 0.0871 e. The van der Waals surface area contributed by atoms with Gasteiger partial charge in [-0.15, -0.1) is 0 Å². The Labute approximate surface area is 110 Å². The highest BCUT2D eigenvalue weighted by Crippen LogP contribution is 2.23. The van der Waals surface area contributed by atoms with Gasteiger partial charge in [0.1, 0.15) is 0 Å². The predicted molar refractivity (Wildman–Crippen MR) is 74.9 cm³/mol. The molecule has 1 aromatic carbocycles. The smallest absolute Gasteiger partial charge is 0.0871 e. The first-order chi connectivity index (χ1) is 8.90. The van der Waals surface area contributed by atoms with Gasteiger partial charge in [-0.05, 0) is 18.4 Å². The minimum atomic E-state index is 0.545. The molecule has 18 heavy (non-hydrogen) atoms. The minimum Gasteiger partial charge on any atom is -0.284 e. The minimum absolute atomic E-state index is 0.545. The van der Waals surface area contributed by atoms with Gasteiger partial charge in [0.2, 0.25) is 0 Å². The van der Waals surface area contributed by atoms with Crippen LogP contribution < -0.4 is 0 Å². The van der Waals surface area contributed by atoms with Crippen molar-refractivity contribution in [3.8, 4) is 6.07 Å². The third-order valence-corrected chi connectivity index (χ3v) is 3.56.